The molecule has 0 fully saturated rings. The molecule has 0 aromatic heterocycles. The molecule has 3 rings (SSSR count). The number of ketones is 1. The van der Waals surface area contributed by atoms with Crippen LogP contribution in [0.2, 0.25) is 0 Å². The lowest BCUT2D eigenvalue weighted by Gasteiger charge is -2.39. The normalized spacial score (nSPS) is 25.1. The molecule has 1 aromatic rings. The monoisotopic (exact) mass is 445 g/mol. The number of esters is 1. The zero-order valence-corrected chi connectivity index (χ0v) is 18.8. The Morgan fingerprint density at radius 1 is 1.32 bits per heavy atom. The minimum absolute atomic E-state index is 0.0876. The molecule has 150 valence electrons. The number of carbonyl (C=O) groups is 2. The van der Waals surface area contributed by atoms with E-state index in [4.69, 9.17) is 9.73 Å². The van der Waals surface area contributed by atoms with Crippen molar-refractivity contribution in [3.05, 3.63) is 45.6 Å². The summed E-state index contributed by atoms with van der Waals surface area (Å²) in [7, 11) is 0. The van der Waals surface area contributed by atoms with Crippen LogP contribution in [-0.4, -0.2) is 23.6 Å². The Hall–Kier alpha value is -1.75. The maximum Gasteiger partial charge on any atom is 0.315 e. The molecule has 3 atom stereocenters. The Labute approximate surface area is 175 Å². The Kier molecular flexibility index (Phi) is 5.95. The maximum absolute atomic E-state index is 13.2. The summed E-state index contributed by atoms with van der Waals surface area (Å²) in [5, 5.41) is 0. The number of aliphatic imine (C=N–C) groups is 1. The van der Waals surface area contributed by atoms with E-state index in [0.717, 1.165) is 34.3 Å². The number of Topliss-reactive ketones (excluding diaryl/α,β-unsaturated/α-hetero) is 1. The highest BCUT2D eigenvalue weighted by molar-refractivity contribution is 9.10. The summed E-state index contributed by atoms with van der Waals surface area (Å²) < 4.78 is 6.58. The summed E-state index contributed by atoms with van der Waals surface area (Å²) in [6.45, 7) is 9.94. The Morgan fingerprint density at radius 3 is 2.64 bits per heavy atom. The number of hydrogen-bond acceptors (Lipinski definition) is 4. The summed E-state index contributed by atoms with van der Waals surface area (Å²) in [6.07, 6.45) is 1.78. The van der Waals surface area contributed by atoms with Gasteiger partial charge in [-0.15, -0.1) is 0 Å². The van der Waals surface area contributed by atoms with Gasteiger partial charge in [0.1, 0.15) is 5.92 Å². The van der Waals surface area contributed by atoms with Crippen molar-refractivity contribution in [3.8, 4) is 0 Å². The highest BCUT2D eigenvalue weighted by Gasteiger charge is 2.46. The van der Waals surface area contributed by atoms with E-state index in [1.807, 2.05) is 45.0 Å². The van der Waals surface area contributed by atoms with Gasteiger partial charge in [0.2, 0.25) is 0 Å². The van der Waals surface area contributed by atoms with Crippen LogP contribution in [0.5, 0.6) is 0 Å². The summed E-state index contributed by atoms with van der Waals surface area (Å²) in [6, 6.07) is 7.81. The molecule has 2 aliphatic rings. The predicted octanol–water partition coefficient (Wildman–Crippen LogP) is 5.61. The summed E-state index contributed by atoms with van der Waals surface area (Å²) in [5.41, 5.74) is 3.04. The highest BCUT2D eigenvalue weighted by Crippen LogP contribution is 2.49. The number of rotatable bonds is 4. The Balaban J connectivity index is 2.15. The number of allylic oxidation sites excluding steroid dienone is 2. The average molecular weight is 446 g/mol. The van der Waals surface area contributed by atoms with Gasteiger partial charge in [-0.2, -0.15) is 0 Å². The first-order valence-electron chi connectivity index (χ1n) is 9.91. The van der Waals surface area contributed by atoms with E-state index >= 15 is 0 Å². The van der Waals surface area contributed by atoms with Gasteiger partial charge in [-0.1, -0.05) is 54.9 Å². The first kappa shape index (κ1) is 21.0. The average Bonchev–Trinajstić information content (AvgIpc) is 2.59. The predicted molar refractivity (Wildman–Crippen MR) is 114 cm³/mol. The van der Waals surface area contributed by atoms with Gasteiger partial charge in [0, 0.05) is 33.8 Å². The van der Waals surface area contributed by atoms with Crippen LogP contribution in [0.4, 0.5) is 0 Å². The Morgan fingerprint density at radius 2 is 2.00 bits per heavy atom. The maximum atomic E-state index is 13.2. The third-order valence-corrected chi connectivity index (χ3v) is 6.41. The third kappa shape index (κ3) is 4.00. The molecule has 0 radical (unpaired) electrons. The molecular formula is C23H28BrNO3. The van der Waals surface area contributed by atoms with E-state index in [2.05, 4.69) is 29.8 Å². The van der Waals surface area contributed by atoms with Gasteiger partial charge in [-0.05, 0) is 43.7 Å². The molecule has 0 saturated heterocycles. The molecule has 5 heteroatoms. The number of benzene rings is 1. The van der Waals surface area contributed by atoms with Crippen molar-refractivity contribution in [2.45, 2.75) is 65.9 Å². The molecule has 1 aromatic carbocycles. The number of hydrogen-bond donors (Lipinski definition) is 0. The molecule has 1 aliphatic heterocycles. The van der Waals surface area contributed by atoms with Crippen LogP contribution in [0.3, 0.4) is 0 Å². The summed E-state index contributed by atoms with van der Waals surface area (Å²) >= 11 is 3.63. The second kappa shape index (κ2) is 7.94. The van der Waals surface area contributed by atoms with Crippen LogP contribution in [-0.2, 0) is 14.3 Å². The van der Waals surface area contributed by atoms with Crippen molar-refractivity contribution in [2.75, 3.05) is 0 Å². The van der Waals surface area contributed by atoms with Crippen molar-refractivity contribution in [3.63, 3.8) is 0 Å². The van der Waals surface area contributed by atoms with Crippen LogP contribution in [0.15, 0.2) is 45.0 Å². The SMILES string of the molecule is CC[C@@H](C)OC(=O)C1C(C)=NC2=C(C(=O)CC(C)(C)C2)[C@H]1c1ccccc1Br. The third-order valence-electron chi connectivity index (χ3n) is 5.69. The fraction of sp³-hybridized carbons (Fsp3) is 0.522. The summed E-state index contributed by atoms with van der Waals surface area (Å²) in [5.74, 6) is -1.18. The van der Waals surface area contributed by atoms with Crippen LogP contribution in [0, 0.1) is 11.3 Å². The van der Waals surface area contributed by atoms with Crippen LogP contribution in [0.25, 0.3) is 0 Å². The highest BCUT2D eigenvalue weighted by atomic mass is 79.9. The van der Waals surface area contributed by atoms with E-state index in [0.29, 0.717) is 12.0 Å². The minimum Gasteiger partial charge on any atom is -0.462 e. The van der Waals surface area contributed by atoms with Crippen molar-refractivity contribution in [2.24, 2.45) is 16.3 Å². The van der Waals surface area contributed by atoms with Crippen molar-refractivity contribution < 1.29 is 14.3 Å². The number of nitrogens with zero attached hydrogens (tertiary/aromatic N) is 1. The lowest BCUT2D eigenvalue weighted by Crippen LogP contribution is -2.40. The van der Waals surface area contributed by atoms with Gasteiger partial charge in [-0.25, -0.2) is 0 Å². The van der Waals surface area contributed by atoms with Crippen molar-refractivity contribution >= 4 is 33.4 Å². The molecule has 28 heavy (non-hydrogen) atoms. The first-order valence-corrected chi connectivity index (χ1v) is 10.7. The van der Waals surface area contributed by atoms with Crippen LogP contribution in [0.1, 0.15) is 65.4 Å². The minimum atomic E-state index is -0.586. The van der Waals surface area contributed by atoms with E-state index < -0.39 is 5.92 Å². The molecule has 1 aliphatic carbocycles. The quantitative estimate of drug-likeness (QED) is 0.565. The molecule has 1 heterocycles. The largest absolute Gasteiger partial charge is 0.462 e. The standard InChI is InChI=1S/C23H28BrNO3/c1-6-13(2)28-22(27)19-14(3)25-17-11-23(4,5)12-18(26)21(17)20(19)15-9-7-8-10-16(15)24/h7-10,13,19-20H,6,11-12H2,1-5H3/t13-,19?,20+/m1/s1. The lowest BCUT2D eigenvalue weighted by molar-refractivity contribution is -0.151. The number of carbonyl (C=O) groups excluding carboxylic acids is 2. The smallest absolute Gasteiger partial charge is 0.315 e. The molecule has 0 bridgehead atoms. The van der Waals surface area contributed by atoms with Gasteiger partial charge in [0.25, 0.3) is 0 Å². The zero-order valence-electron chi connectivity index (χ0n) is 17.2. The van der Waals surface area contributed by atoms with Gasteiger partial charge in [-0.3, -0.25) is 14.6 Å². The van der Waals surface area contributed by atoms with Gasteiger partial charge in [0.15, 0.2) is 5.78 Å². The molecule has 1 unspecified atom stereocenters. The molecular weight excluding hydrogens is 418 g/mol. The van der Waals surface area contributed by atoms with E-state index in [1.165, 1.54) is 0 Å². The van der Waals surface area contributed by atoms with E-state index in [9.17, 15) is 9.59 Å². The topological polar surface area (TPSA) is 55.7 Å². The van der Waals surface area contributed by atoms with Gasteiger partial charge < -0.3 is 4.74 Å². The number of ether oxygens (including phenoxy) is 1. The van der Waals surface area contributed by atoms with Crippen LogP contribution >= 0.6 is 15.9 Å². The second-order valence-corrected chi connectivity index (χ2v) is 9.54. The number of halogens is 1. The molecule has 4 nitrogen and oxygen atoms in total. The molecule has 0 saturated carbocycles. The first-order chi connectivity index (χ1) is 13.1. The van der Waals surface area contributed by atoms with Gasteiger partial charge >= 0.3 is 5.97 Å². The molecule has 0 spiro atoms. The summed E-state index contributed by atoms with van der Waals surface area (Å²) in [4.78, 5) is 31.1. The van der Waals surface area contributed by atoms with Crippen molar-refractivity contribution in [1.29, 1.82) is 0 Å². The fourth-order valence-corrected chi connectivity index (χ4v) is 4.70. The lowest BCUT2D eigenvalue weighted by atomic mass is 9.67. The zero-order chi connectivity index (χ0) is 20.6. The second-order valence-electron chi connectivity index (χ2n) is 8.69. The Bertz CT molecular complexity index is 868. The van der Waals surface area contributed by atoms with Gasteiger partial charge in [0.05, 0.1) is 6.10 Å². The van der Waals surface area contributed by atoms with E-state index in [-0.39, 0.29) is 29.2 Å². The van der Waals surface area contributed by atoms with Crippen LogP contribution < -0.4 is 0 Å². The molecule has 0 N–H and O–H groups in total. The van der Waals surface area contributed by atoms with Crippen molar-refractivity contribution in [1.82, 2.24) is 0 Å². The van der Waals surface area contributed by atoms with E-state index in [1.54, 1.807) is 0 Å². The molecule has 0 amide bonds. The fourth-order valence-electron chi connectivity index (χ4n) is 4.17.